The van der Waals surface area contributed by atoms with Gasteiger partial charge in [-0.15, -0.1) is 0 Å². The van der Waals surface area contributed by atoms with E-state index in [2.05, 4.69) is 5.32 Å². The lowest BCUT2D eigenvalue weighted by atomic mass is 10.1. The number of carbonyl (C=O) groups is 4. The predicted molar refractivity (Wildman–Crippen MR) is 151 cm³/mol. The van der Waals surface area contributed by atoms with Crippen LogP contribution in [0, 0.1) is 5.92 Å². The normalized spacial score (nSPS) is 14.2. The molecule has 0 aromatic heterocycles. The molecule has 0 radical (unpaired) electrons. The highest BCUT2D eigenvalue weighted by atomic mass is 35.5. The molecule has 0 unspecified atom stereocenters. The van der Waals surface area contributed by atoms with Crippen molar-refractivity contribution in [3.05, 3.63) is 57.5 Å². The monoisotopic (exact) mass is 574 g/mol. The van der Waals surface area contributed by atoms with E-state index in [9.17, 15) is 19.2 Å². The standard InChI is InChI=1S/C28H31ClN2O7S/c1-5-6-11-37-27(34)20-14-19(8-9-21(20)29)30-25(32)15-31-26(33)24(39-28(31)35)13-18-7-10-22(23(12-18)36-4)38-16-17(2)3/h7-10,12-14,17H,5-6,11,15-16H2,1-4H3,(H,30,32)/b24-13-. The molecule has 11 heteroatoms. The minimum absolute atomic E-state index is 0.107. The van der Waals surface area contributed by atoms with Gasteiger partial charge in [-0.1, -0.05) is 44.9 Å². The van der Waals surface area contributed by atoms with E-state index in [-0.39, 0.29) is 27.8 Å². The lowest BCUT2D eigenvalue weighted by Gasteiger charge is -2.14. The molecule has 0 atom stereocenters. The van der Waals surface area contributed by atoms with Gasteiger partial charge in [0, 0.05) is 5.69 Å². The molecule has 0 bridgehead atoms. The first-order chi connectivity index (χ1) is 18.6. The summed E-state index contributed by atoms with van der Waals surface area (Å²) in [5.41, 5.74) is 1.02. The highest BCUT2D eigenvalue weighted by Gasteiger charge is 2.36. The van der Waals surface area contributed by atoms with Crippen LogP contribution in [0.1, 0.15) is 49.5 Å². The Morgan fingerprint density at radius 2 is 1.90 bits per heavy atom. The van der Waals surface area contributed by atoms with E-state index in [0.717, 1.165) is 29.5 Å². The minimum Gasteiger partial charge on any atom is -0.493 e. The molecule has 0 spiro atoms. The Bertz CT molecular complexity index is 1280. The Labute approximate surface area is 236 Å². The second kappa shape index (κ2) is 14.0. The third kappa shape index (κ3) is 8.24. The number of hydrogen-bond donors (Lipinski definition) is 1. The molecule has 39 heavy (non-hydrogen) atoms. The Morgan fingerprint density at radius 1 is 1.13 bits per heavy atom. The third-order valence-electron chi connectivity index (χ3n) is 5.43. The topological polar surface area (TPSA) is 111 Å². The van der Waals surface area contributed by atoms with Gasteiger partial charge in [-0.3, -0.25) is 19.3 Å². The van der Waals surface area contributed by atoms with Gasteiger partial charge in [0.15, 0.2) is 11.5 Å². The minimum atomic E-state index is -0.612. The fourth-order valence-corrected chi connectivity index (χ4v) is 4.46. The first-order valence-electron chi connectivity index (χ1n) is 12.5. The average molecular weight is 575 g/mol. The number of methoxy groups -OCH3 is 1. The zero-order chi connectivity index (χ0) is 28.5. The molecule has 3 rings (SSSR count). The fourth-order valence-electron chi connectivity index (χ4n) is 3.43. The summed E-state index contributed by atoms with van der Waals surface area (Å²) >= 11 is 6.86. The van der Waals surface area contributed by atoms with Gasteiger partial charge in [0.1, 0.15) is 6.54 Å². The van der Waals surface area contributed by atoms with Crippen molar-refractivity contribution >= 4 is 58.1 Å². The number of anilines is 1. The van der Waals surface area contributed by atoms with Crippen LogP contribution in [0.15, 0.2) is 41.3 Å². The van der Waals surface area contributed by atoms with Crippen LogP contribution in [0.3, 0.4) is 0 Å². The number of nitrogens with zero attached hydrogens (tertiary/aromatic N) is 1. The molecule has 2 aromatic carbocycles. The van der Waals surface area contributed by atoms with Crippen molar-refractivity contribution in [2.45, 2.75) is 33.6 Å². The van der Waals surface area contributed by atoms with Crippen LogP contribution in [0.4, 0.5) is 10.5 Å². The number of rotatable bonds is 12. The number of halogens is 1. The molecule has 3 amide bonds. The van der Waals surface area contributed by atoms with Crippen molar-refractivity contribution in [1.82, 2.24) is 4.90 Å². The molecule has 2 aromatic rings. The molecule has 0 aliphatic carbocycles. The van der Waals surface area contributed by atoms with Crippen molar-refractivity contribution in [1.29, 1.82) is 0 Å². The van der Waals surface area contributed by atoms with Crippen molar-refractivity contribution in [3.8, 4) is 11.5 Å². The molecule has 1 aliphatic heterocycles. The second-order valence-corrected chi connectivity index (χ2v) is 10.5. The number of amides is 3. The highest BCUT2D eigenvalue weighted by molar-refractivity contribution is 8.18. The maximum atomic E-state index is 12.9. The van der Waals surface area contributed by atoms with Crippen LogP contribution in [-0.4, -0.2) is 54.8 Å². The molecule has 1 N–H and O–H groups in total. The summed E-state index contributed by atoms with van der Waals surface area (Å²) in [5.74, 6) is -0.383. The van der Waals surface area contributed by atoms with Crippen LogP contribution in [0.25, 0.3) is 6.08 Å². The number of thioether (sulfide) groups is 1. The van der Waals surface area contributed by atoms with Crippen LogP contribution >= 0.6 is 23.4 Å². The van der Waals surface area contributed by atoms with E-state index in [4.69, 9.17) is 25.8 Å². The predicted octanol–water partition coefficient (Wildman–Crippen LogP) is 6.02. The molecule has 0 saturated carbocycles. The van der Waals surface area contributed by atoms with Gasteiger partial charge < -0.3 is 19.5 Å². The average Bonchev–Trinajstić information content (AvgIpc) is 3.15. The van der Waals surface area contributed by atoms with E-state index in [1.54, 1.807) is 24.3 Å². The molecular formula is C28H31ClN2O7S. The Kier molecular flexibility index (Phi) is 10.8. The van der Waals surface area contributed by atoms with Crippen molar-refractivity contribution in [2.24, 2.45) is 5.92 Å². The maximum Gasteiger partial charge on any atom is 0.339 e. The van der Waals surface area contributed by atoms with Crippen molar-refractivity contribution in [3.63, 3.8) is 0 Å². The van der Waals surface area contributed by atoms with Crippen molar-refractivity contribution in [2.75, 3.05) is 32.2 Å². The van der Waals surface area contributed by atoms with Gasteiger partial charge in [-0.25, -0.2) is 4.79 Å². The number of carbonyl (C=O) groups excluding carboxylic acids is 4. The summed E-state index contributed by atoms with van der Waals surface area (Å²) in [7, 11) is 1.52. The Balaban J connectivity index is 1.67. The van der Waals surface area contributed by atoms with E-state index in [0.29, 0.717) is 29.6 Å². The number of imide groups is 1. The third-order valence-corrected chi connectivity index (χ3v) is 6.67. The van der Waals surface area contributed by atoms with Gasteiger partial charge >= 0.3 is 5.97 Å². The molecule has 208 valence electrons. The van der Waals surface area contributed by atoms with E-state index in [1.807, 2.05) is 20.8 Å². The molecule has 1 saturated heterocycles. The fraction of sp³-hybridized carbons (Fsp3) is 0.357. The quantitative estimate of drug-likeness (QED) is 0.186. The van der Waals surface area contributed by atoms with E-state index < -0.39 is 29.6 Å². The lowest BCUT2D eigenvalue weighted by Crippen LogP contribution is -2.36. The van der Waals surface area contributed by atoms with E-state index >= 15 is 0 Å². The maximum absolute atomic E-state index is 12.9. The number of hydrogen-bond acceptors (Lipinski definition) is 8. The van der Waals surface area contributed by atoms with Gasteiger partial charge in [0.05, 0.1) is 35.8 Å². The lowest BCUT2D eigenvalue weighted by molar-refractivity contribution is -0.127. The molecule has 9 nitrogen and oxygen atoms in total. The smallest absolute Gasteiger partial charge is 0.339 e. The van der Waals surface area contributed by atoms with Gasteiger partial charge in [-0.05, 0) is 66.1 Å². The van der Waals surface area contributed by atoms with E-state index in [1.165, 1.54) is 25.3 Å². The van der Waals surface area contributed by atoms with Crippen LogP contribution < -0.4 is 14.8 Å². The SMILES string of the molecule is CCCCOC(=O)c1cc(NC(=O)CN2C(=O)S/C(=C\c3ccc(OCC(C)C)c(OC)c3)C2=O)ccc1Cl. The van der Waals surface area contributed by atoms with Crippen molar-refractivity contribution < 1.29 is 33.4 Å². The van der Waals surface area contributed by atoms with Crippen LogP contribution in [0.5, 0.6) is 11.5 Å². The van der Waals surface area contributed by atoms with Crippen LogP contribution in [0.2, 0.25) is 5.02 Å². The largest absolute Gasteiger partial charge is 0.493 e. The zero-order valence-electron chi connectivity index (χ0n) is 22.2. The van der Waals surface area contributed by atoms with Gasteiger partial charge in [0.2, 0.25) is 5.91 Å². The number of nitrogens with one attached hydrogen (secondary N) is 1. The number of unbranched alkanes of at least 4 members (excludes halogenated alkanes) is 1. The van der Waals surface area contributed by atoms with Gasteiger partial charge in [0.25, 0.3) is 11.1 Å². The van der Waals surface area contributed by atoms with Gasteiger partial charge in [-0.2, -0.15) is 0 Å². The zero-order valence-corrected chi connectivity index (χ0v) is 23.8. The number of ether oxygens (including phenoxy) is 3. The molecule has 1 heterocycles. The number of benzene rings is 2. The summed E-state index contributed by atoms with van der Waals surface area (Å²) in [6.45, 7) is 6.34. The first kappa shape index (κ1) is 30.0. The van der Waals surface area contributed by atoms with Crippen LogP contribution in [-0.2, 0) is 14.3 Å². The highest BCUT2D eigenvalue weighted by Crippen LogP contribution is 2.34. The summed E-state index contributed by atoms with van der Waals surface area (Å²) in [5, 5.41) is 2.21. The molecular weight excluding hydrogens is 544 g/mol. The first-order valence-corrected chi connectivity index (χ1v) is 13.6. The molecule has 1 fully saturated rings. The number of esters is 1. The second-order valence-electron chi connectivity index (χ2n) is 9.12. The summed E-state index contributed by atoms with van der Waals surface area (Å²) in [4.78, 5) is 51.5. The molecule has 1 aliphatic rings. The summed E-state index contributed by atoms with van der Waals surface area (Å²) in [6, 6.07) is 9.57. The summed E-state index contributed by atoms with van der Waals surface area (Å²) < 4.78 is 16.3. The Hall–Kier alpha value is -3.50. The Morgan fingerprint density at radius 3 is 2.59 bits per heavy atom. The summed E-state index contributed by atoms with van der Waals surface area (Å²) in [6.07, 6.45) is 3.15.